The van der Waals surface area contributed by atoms with Crippen molar-refractivity contribution in [2.75, 3.05) is 0 Å². The molecule has 0 bridgehead atoms. The van der Waals surface area contributed by atoms with Crippen LogP contribution in [0.1, 0.15) is 64.5 Å². The fourth-order valence-corrected chi connectivity index (χ4v) is 4.12. The van der Waals surface area contributed by atoms with Crippen molar-refractivity contribution < 1.29 is 9.15 Å². The molecule has 2 aromatic rings. The summed E-state index contributed by atoms with van der Waals surface area (Å²) >= 11 is 0. The molecule has 0 saturated carbocycles. The van der Waals surface area contributed by atoms with Gasteiger partial charge in [0.05, 0.1) is 10.9 Å². The zero-order chi connectivity index (χ0) is 21.2. The normalized spacial score (nSPS) is 21.4. The van der Waals surface area contributed by atoms with Gasteiger partial charge >= 0.3 is 5.63 Å². The van der Waals surface area contributed by atoms with Crippen LogP contribution in [-0.4, -0.2) is 6.10 Å². The lowest BCUT2D eigenvalue weighted by molar-refractivity contribution is 0.144. The van der Waals surface area contributed by atoms with Gasteiger partial charge < -0.3 is 9.15 Å². The predicted molar refractivity (Wildman–Crippen MR) is 121 cm³/mol. The van der Waals surface area contributed by atoms with Crippen LogP contribution in [0.15, 0.2) is 63.4 Å². The highest BCUT2D eigenvalue weighted by Crippen LogP contribution is 2.45. The molecule has 3 nitrogen and oxygen atoms in total. The standard InChI is InChI=1S/C26H32O3/c1-7-26(6)16-20(15-14-18(4)11-8-10-17(2)3)28-24-22-19(5)12-9-13-21(22)29-25(27)23(24)26/h7,9-10,12-14,20H,1,8,11,15-16H2,2-6H3/t20-,26+/m1/s1. The molecule has 0 radical (unpaired) electrons. The Balaban J connectivity index is 1.96. The van der Waals surface area contributed by atoms with E-state index in [1.54, 1.807) is 0 Å². The monoisotopic (exact) mass is 392 g/mol. The van der Waals surface area contributed by atoms with E-state index >= 15 is 0 Å². The molecule has 2 heterocycles. The number of allylic oxidation sites excluding steroid dienone is 4. The van der Waals surface area contributed by atoms with Gasteiger partial charge in [-0.15, -0.1) is 6.58 Å². The lowest BCUT2D eigenvalue weighted by Gasteiger charge is -2.37. The quantitative estimate of drug-likeness (QED) is 0.402. The summed E-state index contributed by atoms with van der Waals surface area (Å²) < 4.78 is 12.1. The van der Waals surface area contributed by atoms with E-state index < -0.39 is 5.41 Å². The van der Waals surface area contributed by atoms with Crippen molar-refractivity contribution in [3.63, 3.8) is 0 Å². The van der Waals surface area contributed by atoms with Crippen LogP contribution in [-0.2, 0) is 5.41 Å². The van der Waals surface area contributed by atoms with Crippen LogP contribution in [0.4, 0.5) is 0 Å². The first kappa shape index (κ1) is 21.2. The van der Waals surface area contributed by atoms with E-state index in [0.717, 1.165) is 30.2 Å². The van der Waals surface area contributed by atoms with Gasteiger partial charge in [0.1, 0.15) is 17.4 Å². The van der Waals surface area contributed by atoms with Gasteiger partial charge in [-0.05, 0) is 58.6 Å². The molecule has 2 atom stereocenters. The van der Waals surface area contributed by atoms with Gasteiger partial charge in [-0.3, -0.25) is 0 Å². The number of rotatable bonds is 6. The first-order chi connectivity index (χ1) is 13.7. The Kier molecular flexibility index (Phi) is 6.16. The lowest BCUT2D eigenvalue weighted by Crippen LogP contribution is -2.39. The van der Waals surface area contributed by atoms with E-state index in [-0.39, 0.29) is 11.7 Å². The summed E-state index contributed by atoms with van der Waals surface area (Å²) in [5, 5.41) is 0.893. The molecule has 0 amide bonds. The van der Waals surface area contributed by atoms with Crippen LogP contribution in [0.5, 0.6) is 5.75 Å². The SMILES string of the molecule is C=C[C@@]1(C)C[C@@H](CC=C(C)CCC=C(C)C)Oc2c1c(=O)oc1cccc(C)c21. The molecule has 1 aromatic carbocycles. The van der Waals surface area contributed by atoms with E-state index in [2.05, 4.69) is 46.4 Å². The highest BCUT2D eigenvalue weighted by molar-refractivity contribution is 5.88. The zero-order valence-electron chi connectivity index (χ0n) is 18.3. The third-order valence-electron chi connectivity index (χ3n) is 5.87. The fraction of sp³-hybridized carbons (Fsp3) is 0.423. The molecule has 0 spiro atoms. The lowest BCUT2D eigenvalue weighted by atomic mass is 9.75. The number of ether oxygens (including phenoxy) is 1. The second-order valence-corrected chi connectivity index (χ2v) is 8.71. The number of hydrogen-bond acceptors (Lipinski definition) is 3. The highest BCUT2D eigenvalue weighted by Gasteiger charge is 2.40. The zero-order valence-corrected chi connectivity index (χ0v) is 18.3. The summed E-state index contributed by atoms with van der Waals surface area (Å²) in [6, 6.07) is 5.75. The number of fused-ring (bicyclic) bond motifs is 3. The molecule has 3 heteroatoms. The Morgan fingerprint density at radius 1 is 1.28 bits per heavy atom. The average molecular weight is 393 g/mol. The molecule has 1 aliphatic heterocycles. The van der Waals surface area contributed by atoms with Gasteiger partial charge in [0.2, 0.25) is 0 Å². The topological polar surface area (TPSA) is 39.4 Å². The van der Waals surface area contributed by atoms with Crippen LogP contribution < -0.4 is 10.4 Å². The van der Waals surface area contributed by atoms with Crippen molar-refractivity contribution in [3.8, 4) is 5.75 Å². The van der Waals surface area contributed by atoms with Crippen LogP contribution in [0.3, 0.4) is 0 Å². The predicted octanol–water partition coefficient (Wildman–Crippen LogP) is 6.78. The number of aryl methyl sites for hydroxylation is 1. The van der Waals surface area contributed by atoms with Gasteiger partial charge in [-0.1, -0.05) is 48.4 Å². The van der Waals surface area contributed by atoms with Gasteiger partial charge in [0, 0.05) is 11.8 Å². The van der Waals surface area contributed by atoms with E-state index in [0.29, 0.717) is 23.3 Å². The Hall–Kier alpha value is -2.55. The molecule has 154 valence electrons. The van der Waals surface area contributed by atoms with Gasteiger partial charge in [0.15, 0.2) is 0 Å². The number of hydrogen-bond donors (Lipinski definition) is 0. The second-order valence-electron chi connectivity index (χ2n) is 8.71. The third-order valence-corrected chi connectivity index (χ3v) is 5.87. The van der Waals surface area contributed by atoms with Crippen LogP contribution in [0.25, 0.3) is 11.0 Å². The minimum atomic E-state index is -0.473. The van der Waals surface area contributed by atoms with Crippen LogP contribution >= 0.6 is 0 Å². The van der Waals surface area contributed by atoms with Crippen LogP contribution in [0.2, 0.25) is 0 Å². The van der Waals surface area contributed by atoms with Crippen LogP contribution in [0, 0.1) is 6.92 Å². The van der Waals surface area contributed by atoms with E-state index in [4.69, 9.17) is 9.15 Å². The fourth-order valence-electron chi connectivity index (χ4n) is 4.12. The molecule has 3 rings (SSSR count). The first-order valence-corrected chi connectivity index (χ1v) is 10.4. The van der Waals surface area contributed by atoms with Gasteiger partial charge in [-0.25, -0.2) is 4.79 Å². The minimum absolute atomic E-state index is 0.00601. The summed E-state index contributed by atoms with van der Waals surface area (Å²) in [4.78, 5) is 12.8. The number of benzene rings is 1. The van der Waals surface area contributed by atoms with E-state index in [1.165, 1.54) is 11.1 Å². The molecular weight excluding hydrogens is 360 g/mol. The van der Waals surface area contributed by atoms with Crippen molar-refractivity contribution in [1.29, 1.82) is 0 Å². The molecule has 0 saturated heterocycles. The second kappa shape index (κ2) is 8.44. The smallest absolute Gasteiger partial charge is 0.344 e. The Bertz CT molecular complexity index is 1030. The summed E-state index contributed by atoms with van der Waals surface area (Å²) in [5.74, 6) is 0.670. The van der Waals surface area contributed by atoms with Crippen molar-refractivity contribution >= 4 is 11.0 Å². The molecule has 29 heavy (non-hydrogen) atoms. The molecule has 0 unspecified atom stereocenters. The summed E-state index contributed by atoms with van der Waals surface area (Å²) in [6.07, 6.45) is 10.1. The van der Waals surface area contributed by atoms with E-state index in [9.17, 15) is 4.79 Å². The van der Waals surface area contributed by atoms with Gasteiger partial charge in [0.25, 0.3) is 0 Å². The third kappa shape index (κ3) is 4.39. The molecule has 0 fully saturated rings. The molecule has 0 N–H and O–H groups in total. The van der Waals surface area contributed by atoms with Gasteiger partial charge in [-0.2, -0.15) is 0 Å². The maximum absolute atomic E-state index is 12.8. The Morgan fingerprint density at radius 3 is 2.72 bits per heavy atom. The highest BCUT2D eigenvalue weighted by atomic mass is 16.5. The molecular formula is C26H32O3. The Labute approximate surface area is 173 Å². The maximum Gasteiger partial charge on any atom is 0.344 e. The maximum atomic E-state index is 12.8. The van der Waals surface area contributed by atoms with Crippen molar-refractivity contribution in [2.24, 2.45) is 0 Å². The van der Waals surface area contributed by atoms with Crippen molar-refractivity contribution in [1.82, 2.24) is 0 Å². The Morgan fingerprint density at radius 2 is 2.03 bits per heavy atom. The molecule has 0 aliphatic carbocycles. The summed E-state index contributed by atoms with van der Waals surface area (Å²) in [7, 11) is 0. The largest absolute Gasteiger partial charge is 0.489 e. The van der Waals surface area contributed by atoms with Crippen molar-refractivity contribution in [3.05, 3.63) is 75.7 Å². The van der Waals surface area contributed by atoms with Crippen molar-refractivity contribution in [2.45, 2.75) is 71.8 Å². The minimum Gasteiger partial charge on any atom is -0.489 e. The summed E-state index contributed by atoms with van der Waals surface area (Å²) in [6.45, 7) is 14.5. The summed E-state index contributed by atoms with van der Waals surface area (Å²) in [5.41, 5.74) is 4.14. The molecule has 1 aromatic heterocycles. The van der Waals surface area contributed by atoms with E-state index in [1.807, 2.05) is 31.2 Å². The molecule has 1 aliphatic rings. The first-order valence-electron chi connectivity index (χ1n) is 10.4. The average Bonchev–Trinajstić information content (AvgIpc) is 2.65.